The maximum absolute atomic E-state index is 12.1. The zero-order chi connectivity index (χ0) is 14.5. The van der Waals surface area contributed by atoms with E-state index in [0.29, 0.717) is 30.2 Å². The van der Waals surface area contributed by atoms with Crippen LogP contribution in [0.1, 0.15) is 28.6 Å². The van der Waals surface area contributed by atoms with Crippen molar-refractivity contribution in [2.24, 2.45) is 5.73 Å². The van der Waals surface area contributed by atoms with Crippen molar-refractivity contribution >= 4 is 11.6 Å². The van der Waals surface area contributed by atoms with Crippen molar-refractivity contribution in [3.63, 3.8) is 0 Å². The largest absolute Gasteiger partial charge is 0.494 e. The number of hydrogen-bond acceptors (Lipinski definition) is 4. The number of amides is 1. The molecule has 5 heteroatoms. The fraction of sp³-hybridized carbons (Fsp3) is 0.267. The van der Waals surface area contributed by atoms with Gasteiger partial charge in [-0.25, -0.2) is 0 Å². The van der Waals surface area contributed by atoms with Gasteiger partial charge in [-0.05, 0) is 38.1 Å². The van der Waals surface area contributed by atoms with E-state index in [1.54, 1.807) is 19.1 Å². The number of carbonyl (C=O) groups excluding carboxylic acids is 1. The zero-order valence-electron chi connectivity index (χ0n) is 11.6. The second-order valence-corrected chi connectivity index (χ2v) is 4.30. The second kappa shape index (κ2) is 6.25. The van der Waals surface area contributed by atoms with Crippen molar-refractivity contribution in [3.8, 4) is 5.75 Å². The minimum atomic E-state index is -0.205. The Morgan fingerprint density at radius 1 is 1.40 bits per heavy atom. The second-order valence-electron chi connectivity index (χ2n) is 4.30. The van der Waals surface area contributed by atoms with Crippen molar-refractivity contribution < 1.29 is 13.9 Å². The fourth-order valence-electron chi connectivity index (χ4n) is 1.93. The molecular weight excluding hydrogens is 256 g/mol. The zero-order valence-corrected chi connectivity index (χ0v) is 11.6. The lowest BCUT2D eigenvalue weighted by atomic mass is 10.1. The summed E-state index contributed by atoms with van der Waals surface area (Å²) >= 11 is 0. The molecule has 2 rings (SSSR count). The molecule has 0 atom stereocenters. The summed E-state index contributed by atoms with van der Waals surface area (Å²) in [4.78, 5) is 12.1. The van der Waals surface area contributed by atoms with Crippen LogP contribution in [0, 0.1) is 6.92 Å². The quantitative estimate of drug-likeness (QED) is 0.878. The van der Waals surface area contributed by atoms with E-state index >= 15 is 0 Å². The lowest BCUT2D eigenvalue weighted by Crippen LogP contribution is -2.13. The van der Waals surface area contributed by atoms with Gasteiger partial charge in [-0.2, -0.15) is 0 Å². The highest BCUT2D eigenvalue weighted by atomic mass is 16.5. The predicted molar refractivity (Wildman–Crippen MR) is 76.9 cm³/mol. The minimum absolute atomic E-state index is 0.205. The molecule has 0 fully saturated rings. The number of carbonyl (C=O) groups is 1. The summed E-state index contributed by atoms with van der Waals surface area (Å²) in [7, 11) is 0. The Morgan fingerprint density at radius 3 is 2.80 bits per heavy atom. The predicted octanol–water partition coefficient (Wildman–Crippen LogP) is 2.70. The average molecular weight is 274 g/mol. The molecule has 20 heavy (non-hydrogen) atoms. The minimum Gasteiger partial charge on any atom is -0.494 e. The molecule has 1 aromatic carbocycles. The van der Waals surface area contributed by atoms with Crippen LogP contribution in [-0.4, -0.2) is 12.5 Å². The Balaban J connectivity index is 2.18. The average Bonchev–Trinajstić information content (AvgIpc) is 2.87. The smallest absolute Gasteiger partial charge is 0.259 e. The SMILES string of the molecule is CCOc1ccc(NC(=O)c2ccoc2C)cc1CN. The van der Waals surface area contributed by atoms with Crippen LogP contribution in [0.25, 0.3) is 0 Å². The maximum atomic E-state index is 12.1. The Kier molecular flexibility index (Phi) is 4.42. The molecule has 0 bridgehead atoms. The third kappa shape index (κ3) is 3.00. The molecule has 0 radical (unpaired) electrons. The van der Waals surface area contributed by atoms with Crippen molar-refractivity contribution in [2.75, 3.05) is 11.9 Å². The Morgan fingerprint density at radius 2 is 2.20 bits per heavy atom. The van der Waals surface area contributed by atoms with Crippen molar-refractivity contribution in [1.29, 1.82) is 0 Å². The van der Waals surface area contributed by atoms with Gasteiger partial charge in [-0.1, -0.05) is 0 Å². The molecule has 1 heterocycles. The first-order valence-corrected chi connectivity index (χ1v) is 6.47. The van der Waals surface area contributed by atoms with Gasteiger partial charge in [-0.15, -0.1) is 0 Å². The molecule has 1 amide bonds. The van der Waals surface area contributed by atoms with Gasteiger partial charge in [0.2, 0.25) is 0 Å². The molecule has 5 nitrogen and oxygen atoms in total. The summed E-state index contributed by atoms with van der Waals surface area (Å²) in [6, 6.07) is 7.06. The standard InChI is InChI=1S/C15H18N2O3/c1-3-19-14-5-4-12(8-11(14)9-16)17-15(18)13-6-7-20-10(13)2/h4-8H,3,9,16H2,1-2H3,(H,17,18). The Labute approximate surface area is 117 Å². The number of furan rings is 1. The molecule has 2 aromatic rings. The maximum Gasteiger partial charge on any atom is 0.259 e. The molecule has 0 aliphatic rings. The van der Waals surface area contributed by atoms with Crippen molar-refractivity contribution in [3.05, 3.63) is 47.4 Å². The van der Waals surface area contributed by atoms with E-state index in [2.05, 4.69) is 5.32 Å². The van der Waals surface area contributed by atoms with E-state index in [0.717, 1.165) is 11.3 Å². The highest BCUT2D eigenvalue weighted by Gasteiger charge is 2.12. The van der Waals surface area contributed by atoms with Crippen LogP contribution in [0.4, 0.5) is 5.69 Å². The number of nitrogens with two attached hydrogens (primary N) is 1. The molecule has 0 aliphatic carbocycles. The molecular formula is C15H18N2O3. The Bertz CT molecular complexity index is 605. The van der Waals surface area contributed by atoms with E-state index in [-0.39, 0.29) is 5.91 Å². The van der Waals surface area contributed by atoms with Gasteiger partial charge in [0.25, 0.3) is 5.91 Å². The van der Waals surface area contributed by atoms with E-state index in [9.17, 15) is 4.79 Å². The molecule has 0 saturated heterocycles. The molecule has 106 valence electrons. The highest BCUT2D eigenvalue weighted by Crippen LogP contribution is 2.23. The summed E-state index contributed by atoms with van der Waals surface area (Å²) in [6.07, 6.45) is 1.49. The molecule has 0 saturated carbocycles. The number of benzene rings is 1. The highest BCUT2D eigenvalue weighted by molar-refractivity contribution is 6.04. The Hall–Kier alpha value is -2.27. The van der Waals surface area contributed by atoms with Crippen LogP contribution in [0.2, 0.25) is 0 Å². The summed E-state index contributed by atoms with van der Waals surface area (Å²) < 4.78 is 10.6. The van der Waals surface area contributed by atoms with Gasteiger partial charge < -0.3 is 20.2 Å². The lowest BCUT2D eigenvalue weighted by molar-refractivity contribution is 0.102. The number of nitrogens with one attached hydrogen (secondary N) is 1. The first-order valence-electron chi connectivity index (χ1n) is 6.47. The number of rotatable bonds is 5. The number of ether oxygens (including phenoxy) is 1. The van der Waals surface area contributed by atoms with Crippen LogP contribution >= 0.6 is 0 Å². The van der Waals surface area contributed by atoms with Crippen LogP contribution in [-0.2, 0) is 6.54 Å². The first-order chi connectivity index (χ1) is 9.65. The van der Waals surface area contributed by atoms with Gasteiger partial charge in [0.05, 0.1) is 18.4 Å². The van der Waals surface area contributed by atoms with E-state index in [4.69, 9.17) is 14.9 Å². The van der Waals surface area contributed by atoms with Crippen LogP contribution in [0.15, 0.2) is 34.9 Å². The third-order valence-electron chi connectivity index (χ3n) is 2.94. The van der Waals surface area contributed by atoms with Gasteiger partial charge in [0, 0.05) is 17.8 Å². The van der Waals surface area contributed by atoms with E-state index in [1.165, 1.54) is 6.26 Å². The summed E-state index contributed by atoms with van der Waals surface area (Å²) in [5, 5.41) is 2.82. The van der Waals surface area contributed by atoms with Crippen molar-refractivity contribution in [2.45, 2.75) is 20.4 Å². The van der Waals surface area contributed by atoms with Gasteiger partial charge in [0.1, 0.15) is 11.5 Å². The summed E-state index contributed by atoms with van der Waals surface area (Å²) in [5.41, 5.74) is 7.75. The molecule has 3 N–H and O–H groups in total. The van der Waals surface area contributed by atoms with Crippen LogP contribution in [0.3, 0.4) is 0 Å². The third-order valence-corrected chi connectivity index (χ3v) is 2.94. The van der Waals surface area contributed by atoms with E-state index in [1.807, 2.05) is 19.1 Å². The molecule has 0 aliphatic heterocycles. The fourth-order valence-corrected chi connectivity index (χ4v) is 1.93. The number of anilines is 1. The monoisotopic (exact) mass is 274 g/mol. The van der Waals surface area contributed by atoms with Crippen LogP contribution in [0.5, 0.6) is 5.75 Å². The van der Waals surface area contributed by atoms with Gasteiger partial charge in [0.15, 0.2) is 0 Å². The van der Waals surface area contributed by atoms with Crippen LogP contribution < -0.4 is 15.8 Å². The van der Waals surface area contributed by atoms with Crippen molar-refractivity contribution in [1.82, 2.24) is 0 Å². The van der Waals surface area contributed by atoms with E-state index < -0.39 is 0 Å². The molecule has 0 spiro atoms. The first kappa shape index (κ1) is 14.1. The van der Waals surface area contributed by atoms with Gasteiger partial charge >= 0.3 is 0 Å². The molecule has 1 aromatic heterocycles. The number of aryl methyl sites for hydroxylation is 1. The summed E-state index contributed by atoms with van der Waals surface area (Å²) in [6.45, 7) is 4.59. The topological polar surface area (TPSA) is 77.5 Å². The normalized spacial score (nSPS) is 10.3. The summed E-state index contributed by atoms with van der Waals surface area (Å²) in [5.74, 6) is 1.13. The van der Waals surface area contributed by atoms with Gasteiger partial charge in [-0.3, -0.25) is 4.79 Å². The lowest BCUT2D eigenvalue weighted by Gasteiger charge is -2.11. The molecule has 0 unspecified atom stereocenters. The number of hydrogen-bond donors (Lipinski definition) is 2.